The predicted molar refractivity (Wildman–Crippen MR) is 46.7 cm³/mol. The minimum absolute atomic E-state index is 0.242. The van der Waals surface area contributed by atoms with E-state index in [1.807, 2.05) is 0 Å². The number of carbonyl (C=O) groups is 1. The van der Waals surface area contributed by atoms with Crippen LogP contribution in [0.5, 0.6) is 0 Å². The Kier molecular flexibility index (Phi) is 3.36. The number of nitrogens with one attached hydrogen (secondary N) is 1. The first-order valence-electron chi connectivity index (χ1n) is 3.27. The summed E-state index contributed by atoms with van der Waals surface area (Å²) in [6.07, 6.45) is 2.93. The van der Waals surface area contributed by atoms with Gasteiger partial charge in [0, 0.05) is 12.6 Å². The summed E-state index contributed by atoms with van der Waals surface area (Å²) in [6, 6.07) is 0. The van der Waals surface area contributed by atoms with Crippen LogP contribution in [0.25, 0.3) is 0 Å². The van der Waals surface area contributed by atoms with Crippen molar-refractivity contribution < 1.29 is 4.79 Å². The standard InChI is InChI=1S/C6H8N4OS/c7-3-1-2-6(11)8-5-4-12-10-9-5/h1-2,4H,3,7H2,(H,8,11)/b2-1+. The molecule has 0 aliphatic rings. The van der Waals surface area contributed by atoms with Crippen LogP contribution in [0.2, 0.25) is 0 Å². The van der Waals surface area contributed by atoms with Crippen molar-refractivity contribution in [1.29, 1.82) is 0 Å². The van der Waals surface area contributed by atoms with E-state index in [0.29, 0.717) is 12.4 Å². The van der Waals surface area contributed by atoms with Gasteiger partial charge >= 0.3 is 0 Å². The molecule has 0 aliphatic carbocycles. The van der Waals surface area contributed by atoms with E-state index in [2.05, 4.69) is 14.9 Å². The number of nitrogens with two attached hydrogens (primary N) is 1. The third-order valence-electron chi connectivity index (χ3n) is 1.02. The van der Waals surface area contributed by atoms with Gasteiger partial charge in [-0.3, -0.25) is 4.79 Å². The minimum atomic E-state index is -0.242. The summed E-state index contributed by atoms with van der Waals surface area (Å²) in [5.41, 5.74) is 5.16. The second-order valence-corrected chi connectivity index (χ2v) is 2.53. The predicted octanol–water partition coefficient (Wildman–Crippen LogP) is -0.00850. The summed E-state index contributed by atoms with van der Waals surface area (Å²) in [6.45, 7) is 0.350. The maximum absolute atomic E-state index is 11.0. The van der Waals surface area contributed by atoms with Crippen molar-refractivity contribution in [3.63, 3.8) is 0 Å². The highest BCUT2D eigenvalue weighted by Gasteiger charge is 1.98. The van der Waals surface area contributed by atoms with Crippen LogP contribution in [-0.2, 0) is 4.79 Å². The summed E-state index contributed by atoms with van der Waals surface area (Å²) >= 11 is 1.18. The van der Waals surface area contributed by atoms with Gasteiger partial charge in [0.05, 0.1) is 5.38 Å². The summed E-state index contributed by atoms with van der Waals surface area (Å²) in [5, 5.41) is 7.79. The lowest BCUT2D eigenvalue weighted by atomic mass is 10.4. The fraction of sp³-hybridized carbons (Fsp3) is 0.167. The molecule has 1 amide bonds. The molecule has 12 heavy (non-hydrogen) atoms. The molecule has 0 atom stereocenters. The second-order valence-electron chi connectivity index (χ2n) is 1.92. The average molecular weight is 184 g/mol. The number of hydrogen-bond acceptors (Lipinski definition) is 5. The van der Waals surface area contributed by atoms with Gasteiger partial charge in [-0.2, -0.15) is 0 Å². The molecule has 0 unspecified atom stereocenters. The SMILES string of the molecule is NC/C=C/C(=O)Nc1csnn1. The largest absolute Gasteiger partial charge is 0.327 e. The number of nitrogens with zero attached hydrogens (tertiary/aromatic N) is 2. The van der Waals surface area contributed by atoms with Crippen molar-refractivity contribution >= 4 is 23.3 Å². The molecule has 1 heterocycles. The lowest BCUT2D eigenvalue weighted by molar-refractivity contribution is -0.111. The zero-order valence-corrected chi connectivity index (χ0v) is 7.04. The highest BCUT2D eigenvalue weighted by Crippen LogP contribution is 2.02. The Morgan fingerprint density at radius 3 is 3.25 bits per heavy atom. The van der Waals surface area contributed by atoms with Crippen LogP contribution in [-0.4, -0.2) is 22.0 Å². The van der Waals surface area contributed by atoms with Crippen molar-refractivity contribution in [2.75, 3.05) is 11.9 Å². The zero-order chi connectivity index (χ0) is 8.81. The summed E-state index contributed by atoms with van der Waals surface area (Å²) in [5.74, 6) is 0.222. The van der Waals surface area contributed by atoms with Gasteiger partial charge in [0.15, 0.2) is 5.82 Å². The Bertz CT molecular complexity index is 269. The Labute approximate surface area is 73.4 Å². The Morgan fingerprint density at radius 2 is 2.67 bits per heavy atom. The fourth-order valence-electron chi connectivity index (χ4n) is 0.562. The molecule has 5 nitrogen and oxygen atoms in total. The molecule has 0 spiro atoms. The molecule has 64 valence electrons. The van der Waals surface area contributed by atoms with Gasteiger partial charge < -0.3 is 11.1 Å². The number of rotatable bonds is 3. The van der Waals surface area contributed by atoms with Crippen LogP contribution < -0.4 is 11.1 Å². The number of hydrogen-bond donors (Lipinski definition) is 2. The maximum Gasteiger partial charge on any atom is 0.249 e. The van der Waals surface area contributed by atoms with Gasteiger partial charge in [0.25, 0.3) is 0 Å². The molecule has 0 aliphatic heterocycles. The third kappa shape index (κ3) is 2.77. The molecule has 1 aromatic heterocycles. The van der Waals surface area contributed by atoms with E-state index in [0.717, 1.165) is 0 Å². The lowest BCUT2D eigenvalue weighted by Crippen LogP contribution is -2.08. The normalized spacial score (nSPS) is 10.4. The van der Waals surface area contributed by atoms with Crippen molar-refractivity contribution in [3.8, 4) is 0 Å². The molecule has 1 rings (SSSR count). The number of carbonyl (C=O) groups excluding carboxylic acids is 1. The molecule has 0 aromatic carbocycles. The molecule has 0 saturated heterocycles. The molecular formula is C6H8N4OS. The summed E-state index contributed by atoms with van der Waals surface area (Å²) < 4.78 is 3.58. The number of anilines is 1. The van der Waals surface area contributed by atoms with E-state index in [1.165, 1.54) is 17.6 Å². The van der Waals surface area contributed by atoms with Crippen LogP contribution in [0, 0.1) is 0 Å². The minimum Gasteiger partial charge on any atom is -0.327 e. The molecule has 1 aromatic rings. The van der Waals surface area contributed by atoms with E-state index >= 15 is 0 Å². The Hall–Kier alpha value is -1.27. The lowest BCUT2D eigenvalue weighted by Gasteiger charge is -1.92. The van der Waals surface area contributed by atoms with Crippen LogP contribution >= 0.6 is 11.5 Å². The van der Waals surface area contributed by atoms with Gasteiger partial charge in [0.2, 0.25) is 5.91 Å². The van der Waals surface area contributed by atoms with E-state index in [4.69, 9.17) is 5.73 Å². The third-order valence-corrected chi connectivity index (χ3v) is 1.52. The second kappa shape index (κ2) is 4.58. The average Bonchev–Trinajstić information content (AvgIpc) is 2.53. The fourth-order valence-corrected chi connectivity index (χ4v) is 0.950. The van der Waals surface area contributed by atoms with E-state index in [-0.39, 0.29) is 5.91 Å². The first kappa shape index (κ1) is 8.82. The van der Waals surface area contributed by atoms with E-state index in [9.17, 15) is 4.79 Å². The Balaban J connectivity index is 2.42. The van der Waals surface area contributed by atoms with Gasteiger partial charge in [-0.05, 0) is 11.5 Å². The van der Waals surface area contributed by atoms with Gasteiger partial charge in [0.1, 0.15) is 0 Å². The monoisotopic (exact) mass is 184 g/mol. The molecule has 0 radical (unpaired) electrons. The zero-order valence-electron chi connectivity index (χ0n) is 6.23. The summed E-state index contributed by atoms with van der Waals surface area (Å²) in [4.78, 5) is 11.0. The maximum atomic E-state index is 11.0. The molecule has 3 N–H and O–H groups in total. The van der Waals surface area contributed by atoms with Crippen molar-refractivity contribution in [1.82, 2.24) is 9.59 Å². The van der Waals surface area contributed by atoms with Crippen molar-refractivity contribution in [2.45, 2.75) is 0 Å². The van der Waals surface area contributed by atoms with E-state index < -0.39 is 0 Å². The van der Waals surface area contributed by atoms with Gasteiger partial charge in [-0.1, -0.05) is 10.6 Å². The van der Waals surface area contributed by atoms with Crippen LogP contribution in [0.3, 0.4) is 0 Å². The quantitative estimate of drug-likeness (QED) is 0.647. The van der Waals surface area contributed by atoms with Crippen LogP contribution in [0.1, 0.15) is 0 Å². The molecule has 0 fully saturated rings. The first-order valence-corrected chi connectivity index (χ1v) is 4.11. The topological polar surface area (TPSA) is 80.9 Å². The summed E-state index contributed by atoms with van der Waals surface area (Å²) in [7, 11) is 0. The molecule has 0 saturated carbocycles. The molecular weight excluding hydrogens is 176 g/mol. The van der Waals surface area contributed by atoms with Crippen molar-refractivity contribution in [2.24, 2.45) is 5.73 Å². The van der Waals surface area contributed by atoms with E-state index in [1.54, 1.807) is 11.5 Å². The highest BCUT2D eigenvalue weighted by atomic mass is 32.1. The van der Waals surface area contributed by atoms with Gasteiger partial charge in [-0.15, -0.1) is 5.10 Å². The van der Waals surface area contributed by atoms with Crippen LogP contribution in [0.15, 0.2) is 17.5 Å². The smallest absolute Gasteiger partial charge is 0.249 e. The first-order chi connectivity index (χ1) is 5.83. The van der Waals surface area contributed by atoms with Gasteiger partial charge in [-0.25, -0.2) is 0 Å². The number of amides is 1. The number of aromatic nitrogens is 2. The highest BCUT2D eigenvalue weighted by molar-refractivity contribution is 7.03. The Morgan fingerprint density at radius 1 is 1.83 bits per heavy atom. The molecule has 0 bridgehead atoms. The van der Waals surface area contributed by atoms with Crippen LogP contribution in [0.4, 0.5) is 5.82 Å². The van der Waals surface area contributed by atoms with Crippen molar-refractivity contribution in [3.05, 3.63) is 17.5 Å². The molecule has 6 heteroatoms.